The van der Waals surface area contributed by atoms with Crippen LogP contribution >= 0.6 is 11.8 Å². The molecule has 0 radical (unpaired) electrons. The SMILES string of the molecule is CCCOc1cc(SC2CCCC(C)C2)c(N)cc1F. The minimum absolute atomic E-state index is 0.326. The van der Waals surface area contributed by atoms with E-state index in [2.05, 4.69) is 6.92 Å². The lowest BCUT2D eigenvalue weighted by Crippen LogP contribution is -2.15. The number of halogens is 1. The molecular formula is C16H24FNOS. The fraction of sp³-hybridized carbons (Fsp3) is 0.625. The van der Waals surface area contributed by atoms with Gasteiger partial charge >= 0.3 is 0 Å². The molecule has 0 saturated heterocycles. The lowest BCUT2D eigenvalue weighted by Gasteiger charge is -2.26. The van der Waals surface area contributed by atoms with Crippen LogP contribution in [0.3, 0.4) is 0 Å². The Bertz CT molecular complexity index is 452. The van der Waals surface area contributed by atoms with Gasteiger partial charge in [0.05, 0.1) is 6.61 Å². The van der Waals surface area contributed by atoms with E-state index >= 15 is 0 Å². The first kappa shape index (κ1) is 15.5. The molecule has 2 nitrogen and oxygen atoms in total. The van der Waals surface area contributed by atoms with E-state index in [0.29, 0.717) is 23.3 Å². The molecule has 1 aromatic carbocycles. The smallest absolute Gasteiger partial charge is 0.167 e. The molecule has 0 bridgehead atoms. The Morgan fingerprint density at radius 1 is 1.40 bits per heavy atom. The Morgan fingerprint density at radius 3 is 2.90 bits per heavy atom. The summed E-state index contributed by atoms with van der Waals surface area (Å²) >= 11 is 1.78. The van der Waals surface area contributed by atoms with Gasteiger partial charge in [-0.25, -0.2) is 4.39 Å². The van der Waals surface area contributed by atoms with Gasteiger partial charge in [0.25, 0.3) is 0 Å². The van der Waals surface area contributed by atoms with Gasteiger partial charge in [-0.2, -0.15) is 0 Å². The first-order valence-corrected chi connectivity index (χ1v) is 8.36. The highest BCUT2D eigenvalue weighted by Crippen LogP contribution is 2.40. The molecule has 2 unspecified atom stereocenters. The highest BCUT2D eigenvalue weighted by atomic mass is 32.2. The summed E-state index contributed by atoms with van der Waals surface area (Å²) in [4.78, 5) is 0.955. The van der Waals surface area contributed by atoms with Gasteiger partial charge in [0.1, 0.15) is 0 Å². The molecule has 0 aromatic heterocycles. The summed E-state index contributed by atoms with van der Waals surface area (Å²) in [7, 11) is 0. The first-order chi connectivity index (χ1) is 9.60. The van der Waals surface area contributed by atoms with Crippen molar-refractivity contribution in [1.82, 2.24) is 0 Å². The molecule has 2 atom stereocenters. The Kier molecular flexibility index (Phi) is 5.58. The molecule has 0 spiro atoms. The van der Waals surface area contributed by atoms with Gasteiger partial charge in [-0.15, -0.1) is 11.8 Å². The van der Waals surface area contributed by atoms with Crippen LogP contribution in [0.1, 0.15) is 46.0 Å². The van der Waals surface area contributed by atoms with Crippen molar-refractivity contribution in [1.29, 1.82) is 0 Å². The van der Waals surface area contributed by atoms with E-state index in [1.807, 2.05) is 6.92 Å². The maximum absolute atomic E-state index is 13.8. The fourth-order valence-corrected chi connectivity index (χ4v) is 4.08. The predicted molar refractivity (Wildman–Crippen MR) is 83.9 cm³/mol. The molecule has 1 aliphatic carbocycles. The number of thioether (sulfide) groups is 1. The van der Waals surface area contributed by atoms with Crippen molar-refractivity contribution in [3.05, 3.63) is 17.9 Å². The van der Waals surface area contributed by atoms with Gasteiger partial charge in [-0.05, 0) is 31.2 Å². The maximum Gasteiger partial charge on any atom is 0.167 e. The monoisotopic (exact) mass is 297 g/mol. The highest BCUT2D eigenvalue weighted by molar-refractivity contribution is 8.00. The minimum atomic E-state index is -0.364. The fourth-order valence-electron chi connectivity index (χ4n) is 2.64. The third-order valence-corrected chi connectivity index (χ3v) is 5.08. The van der Waals surface area contributed by atoms with Crippen LogP contribution in [0.15, 0.2) is 17.0 Å². The summed E-state index contributed by atoms with van der Waals surface area (Å²) in [6, 6.07) is 3.16. The molecule has 4 heteroatoms. The number of hydrogen-bond donors (Lipinski definition) is 1. The predicted octanol–water partition coefficient (Wildman–Crippen LogP) is 4.87. The van der Waals surface area contributed by atoms with E-state index < -0.39 is 0 Å². The molecule has 0 aliphatic heterocycles. The Hall–Kier alpha value is -0.900. The number of rotatable bonds is 5. The van der Waals surface area contributed by atoms with Crippen molar-refractivity contribution < 1.29 is 9.13 Å². The molecular weight excluding hydrogens is 273 g/mol. The highest BCUT2D eigenvalue weighted by Gasteiger charge is 2.21. The number of nitrogens with two attached hydrogens (primary N) is 1. The summed E-state index contributed by atoms with van der Waals surface area (Å²) in [5.74, 6) is 0.739. The summed E-state index contributed by atoms with van der Waals surface area (Å²) < 4.78 is 19.2. The molecule has 1 fully saturated rings. The van der Waals surface area contributed by atoms with Gasteiger partial charge in [0, 0.05) is 21.9 Å². The topological polar surface area (TPSA) is 35.2 Å². The second-order valence-electron chi connectivity index (χ2n) is 5.68. The van der Waals surface area contributed by atoms with Crippen LogP contribution in [0, 0.1) is 11.7 Å². The van der Waals surface area contributed by atoms with Crippen molar-refractivity contribution >= 4 is 17.4 Å². The van der Waals surface area contributed by atoms with Crippen LogP contribution in [0.4, 0.5) is 10.1 Å². The minimum Gasteiger partial charge on any atom is -0.490 e. The molecule has 1 saturated carbocycles. The number of ether oxygens (including phenoxy) is 1. The van der Waals surface area contributed by atoms with Crippen LogP contribution in [0.25, 0.3) is 0 Å². The third kappa shape index (κ3) is 4.05. The Balaban J connectivity index is 2.09. The van der Waals surface area contributed by atoms with E-state index in [4.69, 9.17) is 10.5 Å². The molecule has 112 valence electrons. The van der Waals surface area contributed by atoms with Gasteiger partial charge in [-0.1, -0.05) is 26.7 Å². The van der Waals surface area contributed by atoms with Gasteiger partial charge < -0.3 is 10.5 Å². The third-order valence-electron chi connectivity index (χ3n) is 3.71. The van der Waals surface area contributed by atoms with E-state index in [0.717, 1.165) is 17.2 Å². The van der Waals surface area contributed by atoms with Crippen LogP contribution in [-0.4, -0.2) is 11.9 Å². The Morgan fingerprint density at radius 2 is 2.20 bits per heavy atom. The zero-order valence-corrected chi connectivity index (χ0v) is 13.1. The van der Waals surface area contributed by atoms with Crippen LogP contribution in [0.2, 0.25) is 0 Å². The summed E-state index contributed by atoms with van der Waals surface area (Å²) in [6.07, 6.45) is 5.90. The van der Waals surface area contributed by atoms with Crippen molar-refractivity contribution in [3.63, 3.8) is 0 Å². The molecule has 1 aromatic rings. The number of hydrogen-bond acceptors (Lipinski definition) is 3. The second kappa shape index (κ2) is 7.21. The zero-order valence-electron chi connectivity index (χ0n) is 12.3. The molecule has 20 heavy (non-hydrogen) atoms. The van der Waals surface area contributed by atoms with Crippen molar-refractivity contribution in [2.45, 2.75) is 56.1 Å². The second-order valence-corrected chi connectivity index (χ2v) is 7.02. The Labute approximate surface area is 125 Å². The standard InChI is InChI=1S/C16H24FNOS/c1-3-7-19-15-10-16(14(18)9-13(15)17)20-12-6-4-5-11(2)8-12/h9-12H,3-8,18H2,1-2H3. The number of benzene rings is 1. The van der Waals surface area contributed by atoms with Crippen LogP contribution < -0.4 is 10.5 Å². The molecule has 0 heterocycles. The summed E-state index contributed by atoms with van der Waals surface area (Å²) in [5.41, 5.74) is 6.48. The van der Waals surface area contributed by atoms with Gasteiger partial charge in [0.15, 0.2) is 11.6 Å². The van der Waals surface area contributed by atoms with Crippen molar-refractivity contribution in [2.75, 3.05) is 12.3 Å². The number of nitrogen functional groups attached to an aromatic ring is 1. The lowest BCUT2D eigenvalue weighted by molar-refractivity contribution is 0.300. The molecule has 2 N–H and O–H groups in total. The molecule has 2 rings (SSSR count). The number of anilines is 1. The normalized spacial score (nSPS) is 22.8. The van der Waals surface area contributed by atoms with Crippen molar-refractivity contribution in [3.8, 4) is 5.75 Å². The van der Waals surface area contributed by atoms with Crippen molar-refractivity contribution in [2.24, 2.45) is 5.92 Å². The van der Waals surface area contributed by atoms with E-state index in [-0.39, 0.29) is 5.82 Å². The summed E-state index contributed by atoms with van der Waals surface area (Å²) in [6.45, 7) is 4.84. The van der Waals surface area contributed by atoms with Gasteiger partial charge in [-0.3, -0.25) is 0 Å². The first-order valence-electron chi connectivity index (χ1n) is 7.48. The molecule has 0 amide bonds. The summed E-state index contributed by atoms with van der Waals surface area (Å²) in [5, 5.41) is 0.588. The molecule has 1 aliphatic rings. The van der Waals surface area contributed by atoms with E-state index in [1.165, 1.54) is 31.7 Å². The lowest BCUT2D eigenvalue weighted by atomic mass is 9.91. The maximum atomic E-state index is 13.8. The van der Waals surface area contributed by atoms with E-state index in [1.54, 1.807) is 17.8 Å². The van der Waals surface area contributed by atoms with Crippen LogP contribution in [0.5, 0.6) is 5.75 Å². The van der Waals surface area contributed by atoms with Crippen LogP contribution in [-0.2, 0) is 0 Å². The average molecular weight is 297 g/mol. The zero-order chi connectivity index (χ0) is 14.5. The van der Waals surface area contributed by atoms with Gasteiger partial charge in [0.2, 0.25) is 0 Å². The quantitative estimate of drug-likeness (QED) is 0.788. The largest absolute Gasteiger partial charge is 0.490 e. The average Bonchev–Trinajstić information content (AvgIpc) is 2.40. The van der Waals surface area contributed by atoms with E-state index in [9.17, 15) is 4.39 Å².